The molecule has 1 saturated heterocycles. The first-order chi connectivity index (χ1) is 13.5. The van der Waals surface area contributed by atoms with Crippen LogP contribution in [0.1, 0.15) is 11.1 Å². The van der Waals surface area contributed by atoms with Gasteiger partial charge in [-0.25, -0.2) is 4.39 Å². The second-order valence-electron chi connectivity index (χ2n) is 6.04. The van der Waals surface area contributed by atoms with Gasteiger partial charge >= 0.3 is 0 Å². The molecule has 28 heavy (non-hydrogen) atoms. The first kappa shape index (κ1) is 18.9. The van der Waals surface area contributed by atoms with Crippen LogP contribution in [0.5, 0.6) is 5.75 Å². The third-order valence-electron chi connectivity index (χ3n) is 4.28. The third kappa shape index (κ3) is 3.76. The van der Waals surface area contributed by atoms with Crippen molar-refractivity contribution in [1.29, 1.82) is 0 Å². The molecule has 140 valence electrons. The lowest BCUT2D eigenvalue weighted by Gasteiger charge is -2.13. The Labute approximate surface area is 175 Å². The van der Waals surface area contributed by atoms with E-state index in [4.69, 9.17) is 28.6 Å². The molecule has 7 heteroatoms. The molecule has 0 atom stereocenters. The Hall–Kier alpha value is -2.41. The topological polar surface area (TPSA) is 38.3 Å². The fourth-order valence-corrected chi connectivity index (χ4v) is 4.17. The van der Waals surface area contributed by atoms with Crippen molar-refractivity contribution < 1.29 is 13.9 Å². The van der Waals surface area contributed by atoms with Crippen molar-refractivity contribution in [3.8, 4) is 5.75 Å². The fraction of sp³-hybridized carbons (Fsp3) is 0.0476. The van der Waals surface area contributed by atoms with Gasteiger partial charge in [0.2, 0.25) is 0 Å². The van der Waals surface area contributed by atoms with Gasteiger partial charge in [0.25, 0.3) is 5.91 Å². The molecule has 0 aliphatic carbocycles. The summed E-state index contributed by atoms with van der Waals surface area (Å²) in [5, 5.41) is 4.82. The maximum absolute atomic E-state index is 14.1. The van der Waals surface area contributed by atoms with Gasteiger partial charge in [0.1, 0.15) is 22.5 Å². The number of amides is 1. The Balaban J connectivity index is 1.77. The van der Waals surface area contributed by atoms with Crippen LogP contribution in [0.2, 0.25) is 5.02 Å². The van der Waals surface area contributed by atoms with E-state index in [0.29, 0.717) is 20.0 Å². The van der Waals surface area contributed by atoms with Crippen LogP contribution < -0.4 is 10.1 Å². The van der Waals surface area contributed by atoms with Crippen LogP contribution in [0.3, 0.4) is 0 Å². The van der Waals surface area contributed by atoms with E-state index < -0.39 is 5.82 Å². The number of hydrogen-bond acceptors (Lipinski definition) is 4. The summed E-state index contributed by atoms with van der Waals surface area (Å²) in [6.45, 7) is -0.0300. The molecular formula is C21H13ClFNO2S2. The van der Waals surface area contributed by atoms with Gasteiger partial charge in [-0.15, -0.1) is 0 Å². The lowest BCUT2D eigenvalue weighted by Crippen LogP contribution is -2.17. The van der Waals surface area contributed by atoms with Gasteiger partial charge in [0.15, 0.2) is 0 Å². The molecule has 0 unspecified atom stereocenters. The molecule has 0 radical (unpaired) electrons. The highest BCUT2D eigenvalue weighted by molar-refractivity contribution is 8.26. The van der Waals surface area contributed by atoms with Gasteiger partial charge in [-0.1, -0.05) is 72.0 Å². The molecule has 0 saturated carbocycles. The quantitative estimate of drug-likeness (QED) is 0.426. The fourth-order valence-electron chi connectivity index (χ4n) is 2.92. The highest BCUT2D eigenvalue weighted by atomic mass is 35.5. The molecule has 0 spiro atoms. The number of halogens is 2. The van der Waals surface area contributed by atoms with Crippen molar-refractivity contribution in [2.45, 2.75) is 6.61 Å². The van der Waals surface area contributed by atoms with Crippen LogP contribution in [0.25, 0.3) is 16.8 Å². The lowest BCUT2D eigenvalue weighted by atomic mass is 10.0. The van der Waals surface area contributed by atoms with E-state index in [1.54, 1.807) is 24.3 Å². The molecule has 1 amide bonds. The van der Waals surface area contributed by atoms with Crippen LogP contribution in [0, 0.1) is 5.82 Å². The lowest BCUT2D eigenvalue weighted by molar-refractivity contribution is -0.115. The number of thioether (sulfide) groups is 1. The van der Waals surface area contributed by atoms with E-state index >= 15 is 0 Å². The normalized spacial score (nSPS) is 15.3. The summed E-state index contributed by atoms with van der Waals surface area (Å²) < 4.78 is 20.4. The monoisotopic (exact) mass is 429 g/mol. The number of ether oxygens (including phenoxy) is 1. The summed E-state index contributed by atoms with van der Waals surface area (Å²) in [6, 6.07) is 16.0. The van der Waals surface area contributed by atoms with E-state index in [2.05, 4.69) is 5.32 Å². The molecule has 4 rings (SSSR count). The van der Waals surface area contributed by atoms with Crippen LogP contribution in [-0.4, -0.2) is 10.2 Å². The van der Waals surface area contributed by atoms with Gasteiger partial charge in [0.05, 0.1) is 9.93 Å². The molecule has 1 heterocycles. The minimum absolute atomic E-state index is 0.0300. The first-order valence-electron chi connectivity index (χ1n) is 8.35. The Morgan fingerprint density at radius 1 is 1.14 bits per heavy atom. The smallest absolute Gasteiger partial charge is 0.263 e. The van der Waals surface area contributed by atoms with E-state index in [1.807, 2.05) is 30.3 Å². The van der Waals surface area contributed by atoms with Crippen molar-refractivity contribution in [2.75, 3.05) is 0 Å². The van der Waals surface area contributed by atoms with Crippen molar-refractivity contribution in [2.24, 2.45) is 0 Å². The zero-order valence-corrected chi connectivity index (χ0v) is 16.8. The molecule has 0 aromatic heterocycles. The van der Waals surface area contributed by atoms with E-state index in [1.165, 1.54) is 17.8 Å². The highest BCUT2D eigenvalue weighted by Gasteiger charge is 2.23. The maximum Gasteiger partial charge on any atom is 0.263 e. The molecule has 1 N–H and O–H groups in total. The van der Waals surface area contributed by atoms with Crippen molar-refractivity contribution in [3.05, 3.63) is 81.5 Å². The number of carbonyl (C=O) groups is 1. The van der Waals surface area contributed by atoms with Gasteiger partial charge in [0, 0.05) is 11.1 Å². The molecule has 1 aliphatic heterocycles. The summed E-state index contributed by atoms with van der Waals surface area (Å²) in [6.07, 6.45) is 1.75. The van der Waals surface area contributed by atoms with Gasteiger partial charge < -0.3 is 10.1 Å². The minimum atomic E-state index is -0.427. The first-order valence-corrected chi connectivity index (χ1v) is 9.95. The van der Waals surface area contributed by atoms with E-state index in [9.17, 15) is 9.18 Å². The minimum Gasteiger partial charge on any atom is -0.488 e. The predicted octanol–water partition coefficient (Wildman–Crippen LogP) is 5.70. The second-order valence-corrected chi connectivity index (χ2v) is 8.17. The van der Waals surface area contributed by atoms with E-state index in [-0.39, 0.29) is 18.1 Å². The number of fused-ring (bicyclic) bond motifs is 1. The molecule has 3 aromatic rings. The average Bonchev–Trinajstić information content (AvgIpc) is 2.99. The summed E-state index contributed by atoms with van der Waals surface area (Å²) in [5.41, 5.74) is 1.01. The zero-order valence-electron chi connectivity index (χ0n) is 14.4. The molecule has 3 nitrogen and oxygen atoms in total. The summed E-state index contributed by atoms with van der Waals surface area (Å²) in [7, 11) is 0. The van der Waals surface area contributed by atoms with Gasteiger partial charge in [-0.2, -0.15) is 0 Å². The molecule has 1 aliphatic rings. The Morgan fingerprint density at radius 2 is 1.96 bits per heavy atom. The average molecular weight is 430 g/mol. The molecule has 3 aromatic carbocycles. The number of nitrogens with one attached hydrogen (secondary N) is 1. The molecular weight excluding hydrogens is 417 g/mol. The number of hydrogen-bond donors (Lipinski definition) is 1. The highest BCUT2D eigenvalue weighted by Crippen LogP contribution is 2.35. The number of carbonyl (C=O) groups excluding carboxylic acids is 1. The summed E-state index contributed by atoms with van der Waals surface area (Å²) >= 11 is 12.4. The zero-order chi connectivity index (χ0) is 19.7. The third-order valence-corrected chi connectivity index (χ3v) is 5.80. The second kappa shape index (κ2) is 7.91. The maximum atomic E-state index is 14.1. The van der Waals surface area contributed by atoms with Gasteiger partial charge in [-0.05, 0) is 35.0 Å². The SMILES string of the molecule is O=C1NC(=S)S/C1=C/c1c(OCc2c(F)cccc2Cl)ccc2ccccc12. The summed E-state index contributed by atoms with van der Waals surface area (Å²) in [4.78, 5) is 12.6. The Bertz CT molecular complexity index is 1130. The standard InChI is InChI=1S/C21H13ClFNO2S2/c22-16-6-3-7-17(23)15(16)11-26-18-9-8-12-4-1-2-5-13(12)14(18)10-19-20(25)24-21(27)28-19/h1-10H,11H2,(H,24,25,27)/b19-10+. The van der Waals surface area contributed by atoms with Gasteiger partial charge in [-0.3, -0.25) is 4.79 Å². The van der Waals surface area contributed by atoms with Crippen LogP contribution in [0.15, 0.2) is 59.5 Å². The van der Waals surface area contributed by atoms with Crippen LogP contribution in [-0.2, 0) is 11.4 Å². The largest absolute Gasteiger partial charge is 0.488 e. The Morgan fingerprint density at radius 3 is 2.71 bits per heavy atom. The predicted molar refractivity (Wildman–Crippen MR) is 116 cm³/mol. The molecule has 1 fully saturated rings. The number of thiocarbonyl (C=S) groups is 1. The van der Waals surface area contributed by atoms with E-state index in [0.717, 1.165) is 16.3 Å². The number of rotatable bonds is 4. The Kier molecular flexibility index (Phi) is 5.35. The number of benzene rings is 3. The summed E-state index contributed by atoms with van der Waals surface area (Å²) in [5.74, 6) is -0.146. The van der Waals surface area contributed by atoms with Crippen molar-refractivity contribution in [1.82, 2.24) is 5.32 Å². The van der Waals surface area contributed by atoms with Crippen LogP contribution in [0.4, 0.5) is 4.39 Å². The van der Waals surface area contributed by atoms with Crippen molar-refractivity contribution in [3.63, 3.8) is 0 Å². The molecule has 0 bridgehead atoms. The van der Waals surface area contributed by atoms with Crippen molar-refractivity contribution >= 4 is 62.7 Å². The van der Waals surface area contributed by atoms with Crippen LogP contribution >= 0.6 is 35.6 Å².